The largest absolute Gasteiger partial charge is 0.497 e. The van der Waals surface area contributed by atoms with Gasteiger partial charge in [-0.25, -0.2) is 9.97 Å². The second-order valence-electron chi connectivity index (χ2n) is 11.2. The molecule has 3 amide bonds. The molecule has 2 aliphatic heterocycles. The highest BCUT2D eigenvalue weighted by Gasteiger charge is 2.60. The number of carbonyl (C=O) groups is 3. The summed E-state index contributed by atoms with van der Waals surface area (Å²) in [5, 5.41) is 0. The van der Waals surface area contributed by atoms with Crippen molar-refractivity contribution in [1.29, 1.82) is 0 Å². The minimum Gasteiger partial charge on any atom is -0.497 e. The van der Waals surface area contributed by atoms with Crippen LogP contribution in [0.1, 0.15) is 23.6 Å². The molecule has 2 saturated heterocycles. The first-order valence-electron chi connectivity index (χ1n) is 15.3. The number of carbonyl (C=O) groups excluding carboxylic acids is 3. The van der Waals surface area contributed by atoms with Crippen molar-refractivity contribution < 1.29 is 23.9 Å². The van der Waals surface area contributed by atoms with Crippen molar-refractivity contribution in [3.63, 3.8) is 0 Å². The summed E-state index contributed by atoms with van der Waals surface area (Å²) >= 11 is 1.31. The van der Waals surface area contributed by atoms with Gasteiger partial charge in [-0.3, -0.25) is 19.3 Å². The Hall–Kier alpha value is -5.16. The van der Waals surface area contributed by atoms with Crippen LogP contribution in [0.15, 0.2) is 108 Å². The van der Waals surface area contributed by atoms with E-state index < -0.39 is 22.6 Å². The van der Waals surface area contributed by atoms with Gasteiger partial charge < -0.3 is 19.3 Å². The molecule has 4 aromatic rings. The van der Waals surface area contributed by atoms with Crippen LogP contribution < -0.4 is 14.4 Å². The first kappa shape index (κ1) is 31.8. The summed E-state index contributed by atoms with van der Waals surface area (Å²) < 4.78 is 9.42. The van der Waals surface area contributed by atoms with E-state index in [9.17, 15) is 14.4 Å². The van der Waals surface area contributed by atoms with Crippen LogP contribution in [0.5, 0.6) is 11.5 Å². The van der Waals surface area contributed by atoms with Gasteiger partial charge in [-0.05, 0) is 59.7 Å². The third kappa shape index (κ3) is 6.71. The van der Waals surface area contributed by atoms with Crippen molar-refractivity contribution in [3.8, 4) is 11.5 Å². The topological polar surface area (TPSA) is 105 Å². The Morgan fingerprint density at radius 3 is 2.06 bits per heavy atom. The summed E-state index contributed by atoms with van der Waals surface area (Å²) in [6.45, 7) is 1.88. The zero-order valence-corrected chi connectivity index (χ0v) is 27.0. The van der Waals surface area contributed by atoms with Gasteiger partial charge in [0.2, 0.25) is 17.8 Å². The van der Waals surface area contributed by atoms with E-state index in [1.54, 1.807) is 55.8 Å². The molecular formula is C36H35N5O5S. The van der Waals surface area contributed by atoms with Crippen molar-refractivity contribution in [2.75, 3.05) is 45.3 Å². The lowest BCUT2D eigenvalue weighted by Gasteiger charge is -2.42. The summed E-state index contributed by atoms with van der Waals surface area (Å²) in [6.07, 6.45) is 6.32. The fourth-order valence-corrected chi connectivity index (χ4v) is 7.50. The van der Waals surface area contributed by atoms with Gasteiger partial charge in [0.25, 0.3) is 5.91 Å². The minimum atomic E-state index is -1.36. The zero-order chi connectivity index (χ0) is 32.8. The average Bonchev–Trinajstić information content (AvgIpc) is 3.43. The van der Waals surface area contributed by atoms with Crippen molar-refractivity contribution in [1.82, 2.24) is 19.8 Å². The Balaban J connectivity index is 1.41. The normalized spacial score (nSPS) is 19.7. The Morgan fingerprint density at radius 1 is 0.830 bits per heavy atom. The number of hydrogen-bond acceptors (Lipinski definition) is 9. The number of piperazine rings is 1. The molecule has 11 heteroatoms. The number of anilines is 1. The average molecular weight is 650 g/mol. The number of aromatic nitrogens is 2. The van der Waals surface area contributed by atoms with E-state index in [1.807, 2.05) is 71.6 Å². The van der Waals surface area contributed by atoms with E-state index >= 15 is 0 Å². The van der Waals surface area contributed by atoms with Gasteiger partial charge in [-0.1, -0.05) is 42.5 Å². The molecule has 1 aromatic heterocycles. The predicted molar refractivity (Wildman–Crippen MR) is 180 cm³/mol. The first-order valence-corrected chi connectivity index (χ1v) is 16.1. The number of nitrogens with zero attached hydrogens (tertiary/aromatic N) is 5. The third-order valence-electron chi connectivity index (χ3n) is 8.39. The van der Waals surface area contributed by atoms with Crippen molar-refractivity contribution >= 4 is 41.5 Å². The number of benzene rings is 3. The number of thioether (sulfide) groups is 1. The van der Waals surface area contributed by atoms with Crippen molar-refractivity contribution in [3.05, 3.63) is 115 Å². The van der Waals surface area contributed by atoms with Crippen LogP contribution >= 0.6 is 11.8 Å². The molecule has 0 saturated carbocycles. The molecule has 6 rings (SSSR count). The summed E-state index contributed by atoms with van der Waals surface area (Å²) in [7, 11) is 3.17. The predicted octanol–water partition coefficient (Wildman–Crippen LogP) is 4.89. The number of ether oxygens (including phenoxy) is 2. The Labute approximate surface area is 278 Å². The molecule has 0 N–H and O–H groups in total. The molecule has 0 aliphatic carbocycles. The third-order valence-corrected chi connectivity index (χ3v) is 9.81. The summed E-state index contributed by atoms with van der Waals surface area (Å²) in [5.41, 5.74) is 1.48. The van der Waals surface area contributed by atoms with Gasteiger partial charge in [0.05, 0.1) is 26.7 Å². The molecule has 0 spiro atoms. The standard InChI is InChI=1S/C36H35N5O5S/c1-45-28-12-10-27(11-13-28)33-36(47-30-16-14-29(46-2)15-17-30,25-32(43)41(33)31(42)18-9-26-7-4-3-5-8-26)34(44)39-21-23-40(24-22-39)35-37-19-6-20-38-35/h3-20,33H,21-25H2,1-2H3/b18-9+/t33-,36-/m1/s1. The molecule has 3 aromatic carbocycles. The van der Waals surface area contributed by atoms with Crippen LogP contribution in [0, 0.1) is 0 Å². The lowest BCUT2D eigenvalue weighted by molar-refractivity contribution is -0.140. The minimum absolute atomic E-state index is 0.161. The molecule has 0 bridgehead atoms. The van der Waals surface area contributed by atoms with E-state index in [4.69, 9.17) is 9.47 Å². The molecule has 0 unspecified atom stereocenters. The maximum Gasteiger partial charge on any atom is 0.253 e. The maximum atomic E-state index is 15.0. The number of hydrogen-bond donors (Lipinski definition) is 0. The van der Waals surface area contributed by atoms with Crippen LogP contribution in [0.3, 0.4) is 0 Å². The van der Waals surface area contributed by atoms with Crippen LogP contribution in [0.2, 0.25) is 0 Å². The van der Waals surface area contributed by atoms with Crippen molar-refractivity contribution in [2.45, 2.75) is 22.1 Å². The highest BCUT2D eigenvalue weighted by molar-refractivity contribution is 8.01. The Kier molecular flexibility index (Phi) is 9.53. The van der Waals surface area contributed by atoms with Crippen LogP contribution in [0.4, 0.5) is 5.95 Å². The van der Waals surface area contributed by atoms with Crippen LogP contribution in [0.25, 0.3) is 6.08 Å². The highest BCUT2D eigenvalue weighted by atomic mass is 32.2. The van der Waals surface area contributed by atoms with Crippen molar-refractivity contribution in [2.24, 2.45) is 0 Å². The Bertz CT molecular complexity index is 1730. The van der Waals surface area contributed by atoms with E-state index in [0.29, 0.717) is 49.2 Å². The number of likely N-dealkylation sites (tertiary alicyclic amines) is 1. The number of methoxy groups -OCH3 is 2. The molecule has 2 aliphatic rings. The fraction of sp³-hybridized carbons (Fsp3) is 0.250. The van der Waals surface area contributed by atoms with E-state index in [1.165, 1.54) is 22.7 Å². The molecule has 0 radical (unpaired) electrons. The fourth-order valence-electron chi connectivity index (χ4n) is 6.04. The molecular weight excluding hydrogens is 614 g/mol. The lowest BCUT2D eigenvalue weighted by Crippen LogP contribution is -2.56. The molecule has 47 heavy (non-hydrogen) atoms. The monoisotopic (exact) mass is 649 g/mol. The van der Waals surface area contributed by atoms with Gasteiger partial charge in [0, 0.05) is 49.5 Å². The molecule has 3 heterocycles. The highest BCUT2D eigenvalue weighted by Crippen LogP contribution is 2.54. The quantitative estimate of drug-likeness (QED) is 0.235. The van der Waals surface area contributed by atoms with Gasteiger partial charge in [0.1, 0.15) is 16.2 Å². The van der Waals surface area contributed by atoms with Crippen LogP contribution in [-0.4, -0.2) is 82.6 Å². The first-order chi connectivity index (χ1) is 22.9. The lowest BCUT2D eigenvalue weighted by atomic mass is 9.90. The SMILES string of the molecule is COc1ccc(S[C@]2(C(=O)N3CCN(c4ncccn4)CC3)CC(=O)N(C(=O)/C=C/c3ccccc3)[C@@H]2c2ccc(OC)cc2)cc1. The zero-order valence-electron chi connectivity index (χ0n) is 26.2. The summed E-state index contributed by atoms with van der Waals surface area (Å²) in [5.74, 6) is 0.791. The molecule has 2 fully saturated rings. The summed E-state index contributed by atoms with van der Waals surface area (Å²) in [6, 6.07) is 24.9. The van der Waals surface area contributed by atoms with Gasteiger partial charge in [-0.15, -0.1) is 11.8 Å². The van der Waals surface area contributed by atoms with E-state index in [-0.39, 0.29) is 12.3 Å². The van der Waals surface area contributed by atoms with Gasteiger partial charge in [0.15, 0.2) is 0 Å². The second-order valence-corrected chi connectivity index (χ2v) is 12.6. The van der Waals surface area contributed by atoms with Crippen LogP contribution in [-0.2, 0) is 14.4 Å². The summed E-state index contributed by atoms with van der Waals surface area (Å²) in [4.78, 5) is 57.7. The second kappa shape index (κ2) is 14.1. The number of amides is 3. The van der Waals surface area contributed by atoms with Gasteiger partial charge >= 0.3 is 0 Å². The van der Waals surface area contributed by atoms with E-state index in [0.717, 1.165) is 10.5 Å². The van der Waals surface area contributed by atoms with E-state index in [2.05, 4.69) is 9.97 Å². The Morgan fingerprint density at radius 2 is 1.45 bits per heavy atom. The number of imide groups is 1. The molecule has 240 valence electrons. The maximum absolute atomic E-state index is 15.0. The van der Waals surface area contributed by atoms with Gasteiger partial charge in [-0.2, -0.15) is 0 Å². The molecule has 10 nitrogen and oxygen atoms in total. The molecule has 2 atom stereocenters. The smallest absolute Gasteiger partial charge is 0.253 e. The number of rotatable bonds is 9.